The van der Waals surface area contributed by atoms with Crippen molar-refractivity contribution in [1.82, 2.24) is 15.5 Å². The van der Waals surface area contributed by atoms with Crippen LogP contribution < -0.4 is 15.4 Å². The number of ether oxygens (including phenoxy) is 1. The molecule has 0 spiro atoms. The van der Waals surface area contributed by atoms with Crippen molar-refractivity contribution in [2.75, 3.05) is 20.1 Å². The molecule has 0 bridgehead atoms. The van der Waals surface area contributed by atoms with E-state index in [0.717, 1.165) is 32.0 Å². The van der Waals surface area contributed by atoms with Gasteiger partial charge in [0.25, 0.3) is 0 Å². The summed E-state index contributed by atoms with van der Waals surface area (Å²) in [5.74, 6) is 0.767. The molecular formula is C18H26ClF2IN4O. The number of guanidine groups is 1. The summed E-state index contributed by atoms with van der Waals surface area (Å²) in [5, 5.41) is 7.05. The van der Waals surface area contributed by atoms with Crippen LogP contribution in [-0.2, 0) is 6.54 Å². The molecule has 27 heavy (non-hydrogen) atoms. The number of piperidine rings is 1. The first-order valence-electron chi connectivity index (χ1n) is 8.99. The van der Waals surface area contributed by atoms with Crippen LogP contribution >= 0.6 is 35.6 Å². The molecule has 1 heterocycles. The zero-order valence-corrected chi connectivity index (χ0v) is 18.3. The number of nitrogens with one attached hydrogen (secondary N) is 2. The first-order valence-corrected chi connectivity index (χ1v) is 9.37. The summed E-state index contributed by atoms with van der Waals surface area (Å²) >= 11 is 5.98. The Kier molecular flexibility index (Phi) is 8.81. The highest BCUT2D eigenvalue weighted by Gasteiger charge is 2.31. The summed E-state index contributed by atoms with van der Waals surface area (Å²) < 4.78 is 29.7. The van der Waals surface area contributed by atoms with Crippen LogP contribution in [0.3, 0.4) is 0 Å². The molecule has 0 atom stereocenters. The number of halogens is 4. The number of benzene rings is 1. The maximum absolute atomic E-state index is 12.6. The minimum atomic E-state index is -2.87. The van der Waals surface area contributed by atoms with Crippen molar-refractivity contribution < 1.29 is 13.5 Å². The second-order valence-electron chi connectivity index (χ2n) is 6.74. The maximum atomic E-state index is 12.6. The molecule has 0 aromatic heterocycles. The van der Waals surface area contributed by atoms with Crippen molar-refractivity contribution in [3.05, 3.63) is 28.8 Å². The van der Waals surface area contributed by atoms with Crippen molar-refractivity contribution in [1.29, 1.82) is 0 Å². The fourth-order valence-electron chi connectivity index (χ4n) is 3.31. The fourth-order valence-corrected chi connectivity index (χ4v) is 3.51. The van der Waals surface area contributed by atoms with E-state index in [1.165, 1.54) is 25.0 Å². The lowest BCUT2D eigenvalue weighted by atomic mass is 10.1. The van der Waals surface area contributed by atoms with Crippen LogP contribution in [0.2, 0.25) is 5.02 Å². The monoisotopic (exact) mass is 514 g/mol. The smallest absolute Gasteiger partial charge is 0.387 e. The van der Waals surface area contributed by atoms with Gasteiger partial charge in [0.05, 0.1) is 0 Å². The van der Waals surface area contributed by atoms with Crippen LogP contribution in [0.25, 0.3) is 0 Å². The Balaban J connectivity index is 0.00000261. The van der Waals surface area contributed by atoms with E-state index in [9.17, 15) is 8.78 Å². The van der Waals surface area contributed by atoms with Gasteiger partial charge in [-0.2, -0.15) is 8.78 Å². The summed E-state index contributed by atoms with van der Waals surface area (Å²) in [4.78, 5) is 6.80. The van der Waals surface area contributed by atoms with Gasteiger partial charge in [0, 0.05) is 49.4 Å². The molecule has 1 aliphatic heterocycles. The largest absolute Gasteiger partial charge is 0.434 e. The fraction of sp³-hybridized carbons (Fsp3) is 0.611. The van der Waals surface area contributed by atoms with Gasteiger partial charge in [-0.3, -0.25) is 4.99 Å². The normalized spacial score (nSPS) is 18.9. The maximum Gasteiger partial charge on any atom is 0.387 e. The van der Waals surface area contributed by atoms with Gasteiger partial charge in [-0.15, -0.1) is 24.0 Å². The third-order valence-electron chi connectivity index (χ3n) is 4.84. The molecule has 5 nitrogen and oxygen atoms in total. The van der Waals surface area contributed by atoms with Crippen molar-refractivity contribution >= 4 is 41.5 Å². The van der Waals surface area contributed by atoms with E-state index >= 15 is 0 Å². The highest BCUT2D eigenvalue weighted by Crippen LogP contribution is 2.29. The number of alkyl halides is 2. The molecule has 2 aliphatic rings. The minimum absolute atomic E-state index is 0. The van der Waals surface area contributed by atoms with Gasteiger partial charge >= 0.3 is 6.61 Å². The van der Waals surface area contributed by atoms with Crippen molar-refractivity contribution in [2.45, 2.75) is 50.9 Å². The Bertz CT molecular complexity index is 638. The van der Waals surface area contributed by atoms with E-state index in [1.54, 1.807) is 13.1 Å². The Morgan fingerprint density at radius 1 is 1.30 bits per heavy atom. The first kappa shape index (κ1) is 22.4. The molecule has 0 radical (unpaired) electrons. The second-order valence-corrected chi connectivity index (χ2v) is 7.18. The standard InChI is InChI=1S/C18H25ClF2N4O.HI/c1-22-18(24-14-6-8-25(9-7-14)15-3-4-15)23-11-12-10-13(19)2-5-16(12)26-17(20)21;/h2,5,10,14-15,17H,3-4,6-9,11H2,1H3,(H2,22,23,24);1H. The van der Waals surface area contributed by atoms with E-state index in [-0.39, 0.29) is 29.7 Å². The number of nitrogens with zero attached hydrogens (tertiary/aromatic N) is 2. The zero-order valence-electron chi connectivity index (χ0n) is 15.3. The summed E-state index contributed by atoms with van der Waals surface area (Å²) in [6, 6.07) is 5.78. The molecule has 1 saturated carbocycles. The zero-order chi connectivity index (χ0) is 18.5. The second kappa shape index (κ2) is 10.6. The molecule has 1 saturated heterocycles. The van der Waals surface area contributed by atoms with E-state index in [4.69, 9.17) is 11.6 Å². The number of aliphatic imine (C=N–C) groups is 1. The van der Waals surface area contributed by atoms with Gasteiger partial charge < -0.3 is 20.3 Å². The van der Waals surface area contributed by atoms with Crippen LogP contribution in [0.15, 0.2) is 23.2 Å². The Morgan fingerprint density at radius 3 is 2.59 bits per heavy atom. The molecule has 3 rings (SSSR count). The highest BCUT2D eigenvalue weighted by atomic mass is 127. The van der Waals surface area contributed by atoms with E-state index in [1.807, 2.05) is 0 Å². The van der Waals surface area contributed by atoms with Gasteiger partial charge in [0.1, 0.15) is 5.75 Å². The van der Waals surface area contributed by atoms with Crippen molar-refractivity contribution in [2.24, 2.45) is 4.99 Å². The molecule has 1 aromatic carbocycles. The molecule has 9 heteroatoms. The van der Waals surface area contributed by atoms with Gasteiger partial charge in [0.15, 0.2) is 5.96 Å². The molecule has 0 unspecified atom stereocenters. The Morgan fingerprint density at radius 2 is 2.00 bits per heavy atom. The van der Waals surface area contributed by atoms with Gasteiger partial charge in [-0.05, 0) is 43.9 Å². The van der Waals surface area contributed by atoms with Crippen LogP contribution in [0.5, 0.6) is 5.75 Å². The number of rotatable bonds is 6. The third kappa shape index (κ3) is 6.90. The average molecular weight is 515 g/mol. The highest BCUT2D eigenvalue weighted by molar-refractivity contribution is 14.0. The molecular weight excluding hydrogens is 489 g/mol. The lowest BCUT2D eigenvalue weighted by molar-refractivity contribution is -0.0504. The molecule has 2 fully saturated rings. The molecule has 1 aliphatic carbocycles. The topological polar surface area (TPSA) is 48.9 Å². The summed E-state index contributed by atoms with van der Waals surface area (Å²) in [7, 11) is 1.70. The predicted molar refractivity (Wildman–Crippen MR) is 114 cm³/mol. The number of hydrogen-bond acceptors (Lipinski definition) is 3. The number of hydrogen-bond donors (Lipinski definition) is 2. The number of likely N-dealkylation sites (tertiary alicyclic amines) is 1. The Hall–Kier alpha value is -0.870. The lowest BCUT2D eigenvalue weighted by Gasteiger charge is -2.33. The minimum Gasteiger partial charge on any atom is -0.434 e. The van der Waals surface area contributed by atoms with Crippen LogP contribution in [0.4, 0.5) is 8.78 Å². The van der Waals surface area contributed by atoms with Crippen LogP contribution in [-0.4, -0.2) is 49.7 Å². The van der Waals surface area contributed by atoms with Gasteiger partial charge in [-0.1, -0.05) is 11.6 Å². The van der Waals surface area contributed by atoms with Crippen molar-refractivity contribution in [3.8, 4) is 5.75 Å². The van der Waals surface area contributed by atoms with Crippen LogP contribution in [0.1, 0.15) is 31.2 Å². The Labute approximate surface area is 180 Å². The summed E-state index contributed by atoms with van der Waals surface area (Å²) in [5.41, 5.74) is 0.560. The summed E-state index contributed by atoms with van der Waals surface area (Å²) in [6.07, 6.45) is 4.83. The molecule has 152 valence electrons. The van der Waals surface area contributed by atoms with E-state index in [2.05, 4.69) is 25.3 Å². The lowest BCUT2D eigenvalue weighted by Crippen LogP contribution is -2.48. The third-order valence-corrected chi connectivity index (χ3v) is 5.08. The van der Waals surface area contributed by atoms with E-state index < -0.39 is 6.61 Å². The van der Waals surface area contributed by atoms with Crippen molar-refractivity contribution in [3.63, 3.8) is 0 Å². The summed E-state index contributed by atoms with van der Waals surface area (Å²) in [6.45, 7) is -0.354. The molecule has 2 N–H and O–H groups in total. The van der Waals surface area contributed by atoms with Crippen LogP contribution in [0, 0.1) is 0 Å². The molecule has 0 amide bonds. The SMILES string of the molecule is CN=C(NCc1cc(Cl)ccc1OC(F)F)NC1CCN(C2CC2)CC1.I. The first-order chi connectivity index (χ1) is 12.5. The van der Waals surface area contributed by atoms with E-state index in [0.29, 0.717) is 29.1 Å². The van der Waals surface area contributed by atoms with Gasteiger partial charge in [-0.25, -0.2) is 0 Å². The quantitative estimate of drug-likeness (QED) is 0.344. The molecule has 1 aromatic rings. The average Bonchev–Trinajstić information content (AvgIpc) is 3.46. The predicted octanol–water partition coefficient (Wildman–Crippen LogP) is 3.85. The van der Waals surface area contributed by atoms with Gasteiger partial charge in [0.2, 0.25) is 0 Å².